The van der Waals surface area contributed by atoms with Crippen LogP contribution in [0.5, 0.6) is 0 Å². The quantitative estimate of drug-likeness (QED) is 0.216. The second kappa shape index (κ2) is 17.4. The SMILES string of the molecule is NCCCC[C@H](N)C(=O)O.NCCCC[C@H](N)C(=O)O.[Mn]. The van der Waals surface area contributed by atoms with Crippen LogP contribution in [-0.2, 0) is 26.7 Å². The number of hydrogen-bond donors (Lipinski definition) is 6. The fourth-order valence-electron chi connectivity index (χ4n) is 1.26. The Labute approximate surface area is 136 Å². The van der Waals surface area contributed by atoms with E-state index in [1.54, 1.807) is 0 Å². The van der Waals surface area contributed by atoms with Gasteiger partial charge in [0.2, 0.25) is 0 Å². The molecule has 9 heteroatoms. The van der Waals surface area contributed by atoms with Gasteiger partial charge in [0.1, 0.15) is 12.1 Å². The molecule has 0 rings (SSSR count). The van der Waals surface area contributed by atoms with E-state index in [-0.39, 0.29) is 17.1 Å². The zero-order chi connectivity index (χ0) is 16.0. The summed E-state index contributed by atoms with van der Waals surface area (Å²) in [6.45, 7) is 1.21. The number of rotatable bonds is 10. The molecule has 0 saturated carbocycles. The molecule has 0 saturated heterocycles. The fraction of sp³-hybridized carbons (Fsp3) is 0.833. The van der Waals surface area contributed by atoms with Crippen LogP contribution in [0, 0.1) is 0 Å². The third-order valence-corrected chi connectivity index (χ3v) is 2.57. The molecule has 0 aliphatic heterocycles. The van der Waals surface area contributed by atoms with E-state index in [0.717, 1.165) is 25.7 Å². The molecule has 0 aromatic rings. The topological polar surface area (TPSA) is 179 Å². The first-order valence-corrected chi connectivity index (χ1v) is 6.73. The first kappa shape index (κ1) is 25.3. The van der Waals surface area contributed by atoms with Crippen molar-refractivity contribution < 1.29 is 36.9 Å². The van der Waals surface area contributed by atoms with Gasteiger partial charge in [-0.1, -0.05) is 12.8 Å². The van der Waals surface area contributed by atoms with Crippen LogP contribution in [0.2, 0.25) is 0 Å². The molecular weight excluding hydrogens is 319 g/mol. The van der Waals surface area contributed by atoms with Crippen LogP contribution in [0.4, 0.5) is 0 Å². The predicted molar refractivity (Wildman–Crippen MR) is 77.0 cm³/mol. The van der Waals surface area contributed by atoms with Crippen molar-refractivity contribution in [2.24, 2.45) is 22.9 Å². The summed E-state index contributed by atoms with van der Waals surface area (Å²) in [7, 11) is 0. The summed E-state index contributed by atoms with van der Waals surface area (Å²) in [5.74, 6) is -1.87. The van der Waals surface area contributed by atoms with Gasteiger partial charge in [0, 0.05) is 17.1 Å². The Morgan fingerprint density at radius 2 is 1.05 bits per heavy atom. The number of nitrogens with two attached hydrogens (primary N) is 4. The Kier molecular flexibility index (Phi) is 20.9. The van der Waals surface area contributed by atoms with E-state index in [1.165, 1.54) is 0 Å². The van der Waals surface area contributed by atoms with Crippen LogP contribution < -0.4 is 22.9 Å². The van der Waals surface area contributed by atoms with Gasteiger partial charge in [0.25, 0.3) is 0 Å². The molecule has 1 radical (unpaired) electrons. The van der Waals surface area contributed by atoms with Gasteiger partial charge in [-0.3, -0.25) is 9.59 Å². The van der Waals surface area contributed by atoms with Crippen LogP contribution in [0.15, 0.2) is 0 Å². The van der Waals surface area contributed by atoms with Crippen LogP contribution in [-0.4, -0.2) is 47.3 Å². The van der Waals surface area contributed by atoms with Crippen molar-refractivity contribution in [2.75, 3.05) is 13.1 Å². The zero-order valence-electron chi connectivity index (χ0n) is 12.2. The molecule has 0 spiro atoms. The maximum atomic E-state index is 10.1. The average molecular weight is 347 g/mol. The number of carbonyl (C=O) groups is 2. The molecule has 0 aromatic carbocycles. The predicted octanol–water partition coefficient (Wildman–Crippen LogP) is -0.948. The minimum Gasteiger partial charge on any atom is -0.480 e. The van der Waals surface area contributed by atoms with Crippen molar-refractivity contribution in [3.8, 4) is 0 Å². The molecule has 0 unspecified atom stereocenters. The van der Waals surface area contributed by atoms with E-state index in [1.807, 2.05) is 0 Å². The maximum Gasteiger partial charge on any atom is 0.320 e. The summed E-state index contributed by atoms with van der Waals surface area (Å²) >= 11 is 0. The zero-order valence-corrected chi connectivity index (χ0v) is 13.4. The van der Waals surface area contributed by atoms with E-state index >= 15 is 0 Å². The molecule has 10 N–H and O–H groups in total. The summed E-state index contributed by atoms with van der Waals surface area (Å²) in [4.78, 5) is 20.3. The molecule has 127 valence electrons. The number of hydrogen-bond acceptors (Lipinski definition) is 6. The molecule has 0 bridgehead atoms. The Hall–Kier alpha value is -0.701. The third kappa shape index (κ3) is 19.3. The smallest absolute Gasteiger partial charge is 0.320 e. The van der Waals surface area contributed by atoms with E-state index in [4.69, 9.17) is 33.1 Å². The normalized spacial score (nSPS) is 12.4. The van der Waals surface area contributed by atoms with Crippen molar-refractivity contribution in [1.29, 1.82) is 0 Å². The second-order valence-corrected chi connectivity index (χ2v) is 4.46. The van der Waals surface area contributed by atoms with Gasteiger partial charge in [-0.15, -0.1) is 0 Å². The molecule has 2 atom stereocenters. The molecule has 0 aliphatic carbocycles. The number of unbranched alkanes of at least 4 members (excludes halogenated alkanes) is 2. The van der Waals surface area contributed by atoms with E-state index in [0.29, 0.717) is 25.9 Å². The molecule has 0 fully saturated rings. The first-order valence-electron chi connectivity index (χ1n) is 6.73. The minimum atomic E-state index is -0.933. The van der Waals surface area contributed by atoms with Gasteiger partial charge < -0.3 is 33.1 Å². The molecule has 0 aliphatic rings. The minimum absolute atomic E-state index is 0. The van der Waals surface area contributed by atoms with Crippen LogP contribution in [0.1, 0.15) is 38.5 Å². The molecular formula is C12H28MnN4O4. The van der Waals surface area contributed by atoms with Gasteiger partial charge >= 0.3 is 11.9 Å². The summed E-state index contributed by atoms with van der Waals surface area (Å²) in [6.07, 6.45) is 4.33. The first-order chi connectivity index (χ1) is 9.36. The molecule has 0 aromatic heterocycles. The van der Waals surface area contributed by atoms with Crippen LogP contribution in [0.25, 0.3) is 0 Å². The number of carboxylic acid groups (broad SMARTS) is 2. The molecule has 8 nitrogen and oxygen atoms in total. The number of aliphatic carboxylic acids is 2. The van der Waals surface area contributed by atoms with Crippen molar-refractivity contribution in [3.63, 3.8) is 0 Å². The standard InChI is InChI=1S/2C6H14N2O2.Mn/c2*7-4-2-1-3-5(8)6(9)10;/h2*5H,1-4,7-8H2,(H,9,10);/t2*5-;/m00./s1. The van der Waals surface area contributed by atoms with Gasteiger partial charge in [0.15, 0.2) is 0 Å². The maximum absolute atomic E-state index is 10.1. The monoisotopic (exact) mass is 347 g/mol. The Morgan fingerprint density at radius 1 is 0.762 bits per heavy atom. The fourth-order valence-corrected chi connectivity index (χ4v) is 1.26. The van der Waals surface area contributed by atoms with Crippen molar-refractivity contribution in [1.82, 2.24) is 0 Å². The molecule has 0 amide bonds. The summed E-state index contributed by atoms with van der Waals surface area (Å²) in [6, 6.07) is -1.43. The van der Waals surface area contributed by atoms with Gasteiger partial charge in [-0.2, -0.15) is 0 Å². The third-order valence-electron chi connectivity index (χ3n) is 2.57. The van der Waals surface area contributed by atoms with Crippen molar-refractivity contribution in [2.45, 2.75) is 50.6 Å². The van der Waals surface area contributed by atoms with E-state index in [2.05, 4.69) is 0 Å². The molecule has 0 heterocycles. The largest absolute Gasteiger partial charge is 0.480 e. The van der Waals surface area contributed by atoms with E-state index in [9.17, 15) is 9.59 Å². The van der Waals surface area contributed by atoms with Gasteiger partial charge in [-0.05, 0) is 38.8 Å². The summed E-state index contributed by atoms with van der Waals surface area (Å²) in [5, 5.41) is 16.7. The van der Waals surface area contributed by atoms with Crippen molar-refractivity contribution in [3.05, 3.63) is 0 Å². The number of carboxylic acids is 2. The van der Waals surface area contributed by atoms with Gasteiger partial charge in [-0.25, -0.2) is 0 Å². The second-order valence-electron chi connectivity index (χ2n) is 4.46. The average Bonchev–Trinajstić information content (AvgIpc) is 2.39. The summed E-state index contributed by atoms with van der Waals surface area (Å²) < 4.78 is 0. The van der Waals surface area contributed by atoms with E-state index < -0.39 is 24.0 Å². The van der Waals surface area contributed by atoms with Crippen molar-refractivity contribution >= 4 is 11.9 Å². The Balaban J connectivity index is -0.000000295. The molecule has 21 heavy (non-hydrogen) atoms. The Morgan fingerprint density at radius 3 is 1.24 bits per heavy atom. The van der Waals surface area contributed by atoms with Crippen LogP contribution in [0.3, 0.4) is 0 Å². The summed E-state index contributed by atoms with van der Waals surface area (Å²) in [5.41, 5.74) is 20.8. The van der Waals surface area contributed by atoms with Gasteiger partial charge in [0.05, 0.1) is 0 Å². The van der Waals surface area contributed by atoms with Crippen LogP contribution >= 0.6 is 0 Å². The Bertz CT molecular complexity index is 244.